The Morgan fingerprint density at radius 3 is 2.50 bits per heavy atom. The van der Waals surface area contributed by atoms with Gasteiger partial charge < -0.3 is 14.8 Å². The van der Waals surface area contributed by atoms with E-state index in [4.69, 9.17) is 9.47 Å². The molecule has 0 aliphatic rings. The van der Waals surface area contributed by atoms with Gasteiger partial charge >= 0.3 is 0 Å². The van der Waals surface area contributed by atoms with E-state index >= 15 is 0 Å². The molecule has 0 unspecified atom stereocenters. The molecule has 0 radical (unpaired) electrons. The predicted octanol–water partition coefficient (Wildman–Crippen LogP) is 2.14. The van der Waals surface area contributed by atoms with Crippen molar-refractivity contribution < 1.29 is 19.2 Å². The van der Waals surface area contributed by atoms with Crippen LogP contribution in [-0.2, 0) is 0 Å². The summed E-state index contributed by atoms with van der Waals surface area (Å²) in [7, 11) is 1.41. The second-order valence-electron chi connectivity index (χ2n) is 4.34. The van der Waals surface area contributed by atoms with E-state index in [1.807, 2.05) is 0 Å². The van der Waals surface area contributed by atoms with Crippen molar-refractivity contribution in [3.63, 3.8) is 0 Å². The molecular weight excluding hydrogens is 264 g/mol. The largest absolute Gasteiger partial charge is 0.493 e. The Balaban J connectivity index is 3.34. The highest BCUT2D eigenvalue weighted by molar-refractivity contribution is 5.99. The SMILES string of the molecule is CCOc1cc([N+](=O)[O-])c(C(=O)NC(C)C)cc1OC. The zero-order chi connectivity index (χ0) is 15.3. The number of hydrogen-bond acceptors (Lipinski definition) is 5. The molecular formula is C13H18N2O5. The van der Waals surface area contributed by atoms with Crippen molar-refractivity contribution in [1.29, 1.82) is 0 Å². The van der Waals surface area contributed by atoms with Gasteiger partial charge in [-0.2, -0.15) is 0 Å². The van der Waals surface area contributed by atoms with E-state index in [1.54, 1.807) is 20.8 Å². The van der Waals surface area contributed by atoms with Crippen molar-refractivity contribution in [3.05, 3.63) is 27.8 Å². The Hall–Kier alpha value is -2.31. The highest BCUT2D eigenvalue weighted by Gasteiger charge is 2.24. The van der Waals surface area contributed by atoms with Gasteiger partial charge in [0.25, 0.3) is 11.6 Å². The summed E-state index contributed by atoms with van der Waals surface area (Å²) in [6, 6.07) is 2.40. The molecule has 0 aromatic heterocycles. The maximum absolute atomic E-state index is 12.0. The molecule has 1 aromatic rings. The van der Waals surface area contributed by atoms with Crippen LogP contribution in [0.15, 0.2) is 12.1 Å². The van der Waals surface area contributed by atoms with Crippen LogP contribution in [0.1, 0.15) is 31.1 Å². The number of benzene rings is 1. The van der Waals surface area contributed by atoms with Gasteiger partial charge in [-0.05, 0) is 20.8 Å². The van der Waals surface area contributed by atoms with Crippen LogP contribution < -0.4 is 14.8 Å². The lowest BCUT2D eigenvalue weighted by atomic mass is 10.1. The van der Waals surface area contributed by atoms with Gasteiger partial charge in [-0.25, -0.2) is 0 Å². The molecule has 0 aliphatic carbocycles. The molecule has 0 spiro atoms. The van der Waals surface area contributed by atoms with Crippen LogP contribution in [0.2, 0.25) is 0 Å². The van der Waals surface area contributed by atoms with Gasteiger partial charge in [-0.3, -0.25) is 14.9 Å². The number of amides is 1. The monoisotopic (exact) mass is 282 g/mol. The lowest BCUT2D eigenvalue weighted by Crippen LogP contribution is -2.30. The number of carbonyl (C=O) groups excluding carboxylic acids is 1. The molecule has 1 N–H and O–H groups in total. The number of nitrogens with one attached hydrogen (secondary N) is 1. The summed E-state index contributed by atoms with van der Waals surface area (Å²) >= 11 is 0. The third kappa shape index (κ3) is 3.59. The molecule has 20 heavy (non-hydrogen) atoms. The Bertz CT molecular complexity index is 514. The number of rotatable bonds is 6. The van der Waals surface area contributed by atoms with Crippen molar-refractivity contribution in [2.45, 2.75) is 26.8 Å². The maximum atomic E-state index is 12.0. The minimum absolute atomic E-state index is 0.0518. The van der Waals surface area contributed by atoms with Crippen molar-refractivity contribution >= 4 is 11.6 Å². The second kappa shape index (κ2) is 6.74. The van der Waals surface area contributed by atoms with Crippen LogP contribution in [0.3, 0.4) is 0 Å². The Morgan fingerprint density at radius 2 is 2.05 bits per heavy atom. The van der Waals surface area contributed by atoms with Gasteiger partial charge in [0, 0.05) is 12.1 Å². The van der Waals surface area contributed by atoms with Gasteiger partial charge in [0.15, 0.2) is 11.5 Å². The first-order valence-corrected chi connectivity index (χ1v) is 6.20. The van der Waals surface area contributed by atoms with Gasteiger partial charge in [-0.15, -0.1) is 0 Å². The summed E-state index contributed by atoms with van der Waals surface area (Å²) in [6.07, 6.45) is 0. The number of nitro benzene ring substituents is 1. The third-order valence-electron chi connectivity index (χ3n) is 2.44. The fourth-order valence-corrected chi connectivity index (χ4v) is 1.65. The zero-order valence-corrected chi connectivity index (χ0v) is 11.9. The van der Waals surface area contributed by atoms with Crippen LogP contribution >= 0.6 is 0 Å². The number of nitro groups is 1. The van der Waals surface area contributed by atoms with Gasteiger partial charge in [0.2, 0.25) is 0 Å². The van der Waals surface area contributed by atoms with E-state index in [0.717, 1.165) is 0 Å². The number of nitrogens with zero attached hydrogens (tertiary/aromatic N) is 1. The summed E-state index contributed by atoms with van der Waals surface area (Å²) in [4.78, 5) is 22.5. The molecule has 0 saturated carbocycles. The quantitative estimate of drug-likeness (QED) is 0.637. The predicted molar refractivity (Wildman–Crippen MR) is 73.4 cm³/mol. The summed E-state index contributed by atoms with van der Waals surface area (Å²) in [5, 5.41) is 13.7. The molecule has 1 amide bonds. The number of hydrogen-bond donors (Lipinski definition) is 1. The number of carbonyl (C=O) groups is 1. The molecule has 0 heterocycles. The lowest BCUT2D eigenvalue weighted by Gasteiger charge is -2.13. The number of ether oxygens (including phenoxy) is 2. The average molecular weight is 282 g/mol. The van der Waals surface area contributed by atoms with E-state index in [2.05, 4.69) is 5.32 Å². The van der Waals surface area contributed by atoms with Crippen LogP contribution in [0.4, 0.5) is 5.69 Å². The van der Waals surface area contributed by atoms with E-state index in [-0.39, 0.29) is 28.8 Å². The molecule has 7 heteroatoms. The molecule has 0 aliphatic heterocycles. The fraction of sp³-hybridized carbons (Fsp3) is 0.462. The van der Waals surface area contributed by atoms with Crippen LogP contribution in [-0.4, -0.2) is 30.6 Å². The molecule has 1 aromatic carbocycles. The molecule has 0 fully saturated rings. The molecule has 7 nitrogen and oxygen atoms in total. The van der Waals surface area contributed by atoms with Crippen LogP contribution in [0.5, 0.6) is 11.5 Å². The van der Waals surface area contributed by atoms with E-state index in [1.165, 1.54) is 19.2 Å². The normalized spacial score (nSPS) is 10.2. The average Bonchev–Trinajstić information content (AvgIpc) is 2.37. The van der Waals surface area contributed by atoms with Crippen molar-refractivity contribution in [2.75, 3.05) is 13.7 Å². The first kappa shape index (κ1) is 15.7. The van der Waals surface area contributed by atoms with Crippen molar-refractivity contribution in [1.82, 2.24) is 5.32 Å². The molecule has 110 valence electrons. The fourth-order valence-electron chi connectivity index (χ4n) is 1.65. The van der Waals surface area contributed by atoms with E-state index in [9.17, 15) is 14.9 Å². The topological polar surface area (TPSA) is 90.7 Å². The van der Waals surface area contributed by atoms with Gasteiger partial charge in [0.1, 0.15) is 5.56 Å². The Morgan fingerprint density at radius 1 is 1.40 bits per heavy atom. The minimum Gasteiger partial charge on any atom is -0.493 e. The summed E-state index contributed by atoms with van der Waals surface area (Å²) < 4.78 is 10.4. The smallest absolute Gasteiger partial charge is 0.286 e. The second-order valence-corrected chi connectivity index (χ2v) is 4.34. The van der Waals surface area contributed by atoms with Crippen molar-refractivity contribution in [3.8, 4) is 11.5 Å². The zero-order valence-electron chi connectivity index (χ0n) is 11.9. The molecule has 0 atom stereocenters. The van der Waals surface area contributed by atoms with E-state index < -0.39 is 10.8 Å². The molecule has 0 bridgehead atoms. The minimum atomic E-state index is -0.614. The number of methoxy groups -OCH3 is 1. The first-order valence-electron chi connectivity index (χ1n) is 6.20. The van der Waals surface area contributed by atoms with Crippen LogP contribution in [0, 0.1) is 10.1 Å². The Kier molecular flexibility index (Phi) is 5.31. The summed E-state index contributed by atoms with van der Waals surface area (Å²) in [5.74, 6) is 0.00204. The molecule has 1 rings (SSSR count). The summed E-state index contributed by atoms with van der Waals surface area (Å²) in [5.41, 5.74) is -0.364. The van der Waals surface area contributed by atoms with Gasteiger partial charge in [-0.1, -0.05) is 0 Å². The van der Waals surface area contributed by atoms with E-state index in [0.29, 0.717) is 6.61 Å². The van der Waals surface area contributed by atoms with Crippen LogP contribution in [0.25, 0.3) is 0 Å². The van der Waals surface area contributed by atoms with Gasteiger partial charge in [0.05, 0.1) is 24.7 Å². The highest BCUT2D eigenvalue weighted by Crippen LogP contribution is 2.34. The Labute approximate surface area is 117 Å². The van der Waals surface area contributed by atoms with Crippen molar-refractivity contribution in [2.24, 2.45) is 0 Å². The lowest BCUT2D eigenvalue weighted by molar-refractivity contribution is -0.385. The maximum Gasteiger partial charge on any atom is 0.286 e. The summed E-state index contributed by atoms with van der Waals surface area (Å²) in [6.45, 7) is 5.64. The molecule has 0 saturated heterocycles. The highest BCUT2D eigenvalue weighted by atomic mass is 16.6. The standard InChI is InChI=1S/C13H18N2O5/c1-5-20-12-7-10(15(17)18)9(6-11(12)19-4)13(16)14-8(2)3/h6-8H,5H2,1-4H3,(H,14,16). The third-order valence-corrected chi connectivity index (χ3v) is 2.44. The first-order chi connectivity index (χ1) is 9.40.